The van der Waals surface area contributed by atoms with Gasteiger partial charge < -0.3 is 25.2 Å². The van der Waals surface area contributed by atoms with Crippen molar-refractivity contribution in [2.45, 2.75) is 82.0 Å². The molecule has 0 unspecified atom stereocenters. The monoisotopic (exact) mass is 420 g/mol. The highest BCUT2D eigenvalue weighted by molar-refractivity contribution is 5.85. The summed E-state index contributed by atoms with van der Waals surface area (Å²) in [5.41, 5.74) is -3.30. The van der Waals surface area contributed by atoms with Gasteiger partial charge in [0.15, 0.2) is 0 Å². The van der Waals surface area contributed by atoms with Gasteiger partial charge in [-0.3, -0.25) is 4.79 Å². The summed E-state index contributed by atoms with van der Waals surface area (Å²) < 4.78 is 5.14. The van der Waals surface area contributed by atoms with Gasteiger partial charge in [-0.05, 0) is 74.7 Å². The molecule has 1 aliphatic heterocycles. The topological polar surface area (TPSA) is 124 Å². The van der Waals surface area contributed by atoms with E-state index in [1.54, 1.807) is 6.08 Å². The van der Waals surface area contributed by atoms with Crippen molar-refractivity contribution in [1.29, 1.82) is 0 Å². The first-order valence-corrected chi connectivity index (χ1v) is 11.3. The third-order valence-corrected chi connectivity index (χ3v) is 9.94. The van der Waals surface area contributed by atoms with E-state index in [2.05, 4.69) is 6.92 Å². The van der Waals surface area contributed by atoms with E-state index in [0.29, 0.717) is 32.1 Å². The number of carbonyl (C=O) groups excluding carboxylic acids is 1. The molecule has 0 aromatic heterocycles. The molecular weight excluding hydrogens is 388 g/mol. The zero-order valence-corrected chi connectivity index (χ0v) is 17.5. The molecule has 4 aliphatic carbocycles. The zero-order valence-electron chi connectivity index (χ0n) is 17.5. The molecule has 0 radical (unpaired) electrons. The minimum Gasteiger partial charge on any atom is -0.481 e. The van der Waals surface area contributed by atoms with Crippen LogP contribution in [0, 0.1) is 28.6 Å². The van der Waals surface area contributed by atoms with Gasteiger partial charge in [-0.2, -0.15) is 0 Å². The first-order chi connectivity index (χ1) is 14.1. The number of rotatable bonds is 2. The van der Waals surface area contributed by atoms with Crippen molar-refractivity contribution in [1.82, 2.24) is 0 Å². The van der Waals surface area contributed by atoms with Crippen LogP contribution in [0.3, 0.4) is 0 Å². The van der Waals surface area contributed by atoms with Gasteiger partial charge in [-0.15, -0.1) is 0 Å². The number of ether oxygens (including phenoxy) is 1. The second-order valence-electron chi connectivity index (χ2n) is 10.8. The van der Waals surface area contributed by atoms with Gasteiger partial charge in [-0.1, -0.05) is 6.92 Å². The summed E-state index contributed by atoms with van der Waals surface area (Å²) in [5, 5.41) is 44.1. The van der Waals surface area contributed by atoms with Crippen LogP contribution in [0.25, 0.3) is 0 Å². The van der Waals surface area contributed by atoms with E-state index >= 15 is 0 Å². The fourth-order valence-electron chi connectivity index (χ4n) is 8.49. The lowest BCUT2D eigenvalue weighted by molar-refractivity contribution is -0.260. The predicted octanol–water partition coefficient (Wildman–Crippen LogP) is 1.78. The number of cyclic esters (lactones) is 1. The first-order valence-electron chi connectivity index (χ1n) is 11.3. The van der Waals surface area contributed by atoms with Gasteiger partial charge in [0, 0.05) is 17.9 Å². The van der Waals surface area contributed by atoms with Gasteiger partial charge >= 0.3 is 11.9 Å². The second-order valence-corrected chi connectivity index (χ2v) is 10.8. The highest BCUT2D eigenvalue weighted by Crippen LogP contribution is 2.70. The Bertz CT molecular complexity index is 822. The molecule has 0 saturated heterocycles. The van der Waals surface area contributed by atoms with Crippen LogP contribution in [0.15, 0.2) is 11.6 Å². The van der Waals surface area contributed by atoms with Gasteiger partial charge in [-0.25, -0.2) is 4.79 Å². The Balaban J connectivity index is 1.54. The zero-order chi connectivity index (χ0) is 21.5. The molecule has 0 amide bonds. The molecule has 7 heteroatoms. The molecular formula is C23H32O7. The minimum absolute atomic E-state index is 0.0460. The average molecular weight is 421 g/mol. The summed E-state index contributed by atoms with van der Waals surface area (Å²) >= 11 is 0. The maximum atomic E-state index is 12.7. The van der Waals surface area contributed by atoms with Gasteiger partial charge in [0.1, 0.15) is 6.61 Å². The average Bonchev–Trinajstić information content (AvgIpc) is 3.21. The Morgan fingerprint density at radius 2 is 1.80 bits per heavy atom. The van der Waals surface area contributed by atoms with Crippen molar-refractivity contribution < 1.29 is 34.8 Å². The summed E-state index contributed by atoms with van der Waals surface area (Å²) in [5.74, 6) is -1.82. The third kappa shape index (κ3) is 2.32. The summed E-state index contributed by atoms with van der Waals surface area (Å²) in [6, 6.07) is 0. The maximum absolute atomic E-state index is 12.7. The lowest BCUT2D eigenvalue weighted by Gasteiger charge is -2.65. The van der Waals surface area contributed by atoms with E-state index in [1.165, 1.54) is 0 Å². The summed E-state index contributed by atoms with van der Waals surface area (Å²) in [4.78, 5) is 24.3. The molecule has 8 atom stereocenters. The van der Waals surface area contributed by atoms with Crippen LogP contribution in [-0.2, 0) is 14.3 Å². The van der Waals surface area contributed by atoms with Crippen LogP contribution >= 0.6 is 0 Å². The Morgan fingerprint density at radius 3 is 2.47 bits per heavy atom. The predicted molar refractivity (Wildman–Crippen MR) is 105 cm³/mol. The molecule has 4 saturated carbocycles. The molecule has 30 heavy (non-hydrogen) atoms. The number of hydrogen-bond donors (Lipinski definition) is 4. The highest BCUT2D eigenvalue weighted by atomic mass is 16.5. The van der Waals surface area contributed by atoms with E-state index in [1.807, 2.05) is 0 Å². The number of fused-ring (bicyclic) bond motifs is 5. The SMILES string of the molecule is C[C@@]12CC[C@@H]3[C@H](CC[C@]4(O)C[C@H](O)CC[C@]34C(=O)O)[C@@]1(O)CC[C@H]2C1=CC(=O)OC1. The standard InChI is InChI=1S/C23H32O7/c1-20-6-3-16-17(23(20,29)9-5-15(20)13-10-18(25)30-12-13)4-7-21(28)11-14(24)2-8-22(16,21)19(26)27/h10,14-17,24,28-29H,2-9,11-12H2,1H3,(H,26,27)/t14-,15+,16-,17+,20+,21+,22-,23+/m1/s1. The maximum Gasteiger partial charge on any atom is 0.331 e. The second kappa shape index (κ2) is 6.30. The normalized spacial score (nSPS) is 52.7. The van der Waals surface area contributed by atoms with Crippen molar-refractivity contribution >= 4 is 11.9 Å². The van der Waals surface area contributed by atoms with Crippen LogP contribution in [0.5, 0.6) is 0 Å². The van der Waals surface area contributed by atoms with Crippen LogP contribution < -0.4 is 0 Å². The molecule has 166 valence electrons. The molecule has 1 heterocycles. The largest absolute Gasteiger partial charge is 0.481 e. The van der Waals surface area contributed by atoms with E-state index < -0.39 is 34.1 Å². The summed E-state index contributed by atoms with van der Waals surface area (Å²) in [6.07, 6.45) is 5.00. The molecule has 0 aromatic rings. The lowest BCUT2D eigenvalue weighted by atomic mass is 9.41. The molecule has 4 fully saturated rings. The number of carbonyl (C=O) groups is 2. The number of hydrogen-bond acceptors (Lipinski definition) is 6. The smallest absolute Gasteiger partial charge is 0.331 e. The molecule has 0 bridgehead atoms. The fraction of sp³-hybridized carbons (Fsp3) is 0.826. The first kappa shape index (κ1) is 20.5. The number of carboxylic acids is 1. The van der Waals surface area contributed by atoms with Crippen LogP contribution in [0.1, 0.15) is 64.7 Å². The van der Waals surface area contributed by atoms with Crippen molar-refractivity contribution in [3.8, 4) is 0 Å². The Morgan fingerprint density at radius 1 is 1.07 bits per heavy atom. The van der Waals surface area contributed by atoms with Crippen molar-refractivity contribution in [3.05, 3.63) is 11.6 Å². The minimum atomic E-state index is -1.44. The van der Waals surface area contributed by atoms with E-state index in [4.69, 9.17) is 4.74 Å². The molecule has 5 rings (SSSR count). The van der Waals surface area contributed by atoms with Crippen molar-refractivity contribution in [2.24, 2.45) is 28.6 Å². The Kier molecular flexibility index (Phi) is 4.30. The number of aliphatic hydroxyl groups is 3. The number of carboxylic acid groups (broad SMARTS) is 1. The third-order valence-electron chi connectivity index (χ3n) is 9.94. The quantitative estimate of drug-likeness (QED) is 0.502. The van der Waals surface area contributed by atoms with E-state index in [0.717, 1.165) is 12.0 Å². The number of aliphatic hydroxyl groups excluding tert-OH is 1. The molecule has 0 aromatic carbocycles. The van der Waals surface area contributed by atoms with Gasteiger partial charge in [0.05, 0.1) is 22.7 Å². The van der Waals surface area contributed by atoms with Crippen LogP contribution in [0.4, 0.5) is 0 Å². The summed E-state index contributed by atoms with van der Waals surface area (Å²) in [7, 11) is 0. The number of aliphatic carboxylic acids is 1. The summed E-state index contributed by atoms with van der Waals surface area (Å²) in [6.45, 7) is 2.36. The highest BCUT2D eigenvalue weighted by Gasteiger charge is 2.73. The molecule has 7 nitrogen and oxygen atoms in total. The van der Waals surface area contributed by atoms with Crippen molar-refractivity contribution in [3.63, 3.8) is 0 Å². The fourth-order valence-corrected chi connectivity index (χ4v) is 8.49. The van der Waals surface area contributed by atoms with Gasteiger partial charge in [0.2, 0.25) is 0 Å². The van der Waals surface area contributed by atoms with Crippen LogP contribution in [0.2, 0.25) is 0 Å². The van der Waals surface area contributed by atoms with Crippen LogP contribution in [-0.4, -0.2) is 56.3 Å². The Labute approximate surface area is 176 Å². The number of esters is 1. The van der Waals surface area contributed by atoms with E-state index in [-0.39, 0.29) is 49.6 Å². The lowest BCUT2D eigenvalue weighted by Crippen LogP contribution is -2.70. The Hall–Kier alpha value is -1.44. The van der Waals surface area contributed by atoms with E-state index in [9.17, 15) is 30.0 Å². The van der Waals surface area contributed by atoms with Crippen molar-refractivity contribution in [2.75, 3.05) is 6.61 Å². The molecule has 0 spiro atoms. The molecule has 5 aliphatic rings. The molecule has 4 N–H and O–H groups in total. The van der Waals surface area contributed by atoms with Gasteiger partial charge in [0.25, 0.3) is 0 Å².